The molecular formula is C13H18N2O3S. The van der Waals surface area contributed by atoms with E-state index < -0.39 is 0 Å². The van der Waals surface area contributed by atoms with Crippen LogP contribution in [0.5, 0.6) is 0 Å². The fourth-order valence-corrected chi connectivity index (χ4v) is 2.03. The molecule has 104 valence electrons. The van der Waals surface area contributed by atoms with Crippen molar-refractivity contribution in [1.82, 2.24) is 5.32 Å². The predicted molar refractivity (Wildman–Crippen MR) is 75.3 cm³/mol. The second-order valence-corrected chi connectivity index (χ2v) is 4.61. The SMILES string of the molecule is COCCOCCNC(=O)c1ccc(C#CCN)s1. The smallest absolute Gasteiger partial charge is 0.261 e. The Labute approximate surface area is 117 Å². The number of ether oxygens (including phenoxy) is 2. The fourth-order valence-electron chi connectivity index (χ4n) is 1.23. The Morgan fingerprint density at radius 1 is 1.42 bits per heavy atom. The van der Waals surface area contributed by atoms with E-state index in [0.717, 1.165) is 4.88 Å². The van der Waals surface area contributed by atoms with E-state index in [1.165, 1.54) is 11.3 Å². The molecule has 0 radical (unpaired) electrons. The van der Waals surface area contributed by atoms with Crippen molar-refractivity contribution in [1.29, 1.82) is 0 Å². The standard InChI is InChI=1S/C13H18N2O3S/c1-17-9-10-18-8-7-15-13(16)12-5-4-11(19-12)3-2-6-14/h4-5H,6-10,14H2,1H3,(H,15,16). The molecule has 0 bridgehead atoms. The molecule has 0 aliphatic heterocycles. The number of carbonyl (C=O) groups excluding carboxylic acids is 1. The Bertz CT molecular complexity index is 448. The maximum atomic E-state index is 11.8. The minimum absolute atomic E-state index is 0.110. The molecular weight excluding hydrogens is 264 g/mol. The first-order valence-corrected chi connectivity index (χ1v) is 6.73. The van der Waals surface area contributed by atoms with E-state index >= 15 is 0 Å². The molecule has 19 heavy (non-hydrogen) atoms. The summed E-state index contributed by atoms with van der Waals surface area (Å²) in [4.78, 5) is 13.2. The normalized spacial score (nSPS) is 9.79. The Morgan fingerprint density at radius 2 is 2.26 bits per heavy atom. The van der Waals surface area contributed by atoms with Crippen LogP contribution in [0.4, 0.5) is 0 Å². The lowest BCUT2D eigenvalue weighted by atomic mass is 10.4. The van der Waals surface area contributed by atoms with Gasteiger partial charge in [0.15, 0.2) is 0 Å². The first-order valence-electron chi connectivity index (χ1n) is 5.91. The van der Waals surface area contributed by atoms with E-state index in [1.807, 2.05) is 6.07 Å². The summed E-state index contributed by atoms with van der Waals surface area (Å²) in [7, 11) is 1.62. The Balaban J connectivity index is 2.27. The third-order valence-electron chi connectivity index (χ3n) is 2.11. The fraction of sp³-hybridized carbons (Fsp3) is 0.462. The van der Waals surface area contributed by atoms with Gasteiger partial charge >= 0.3 is 0 Å². The highest BCUT2D eigenvalue weighted by molar-refractivity contribution is 7.14. The van der Waals surface area contributed by atoms with Crippen molar-refractivity contribution in [2.45, 2.75) is 0 Å². The van der Waals surface area contributed by atoms with Crippen LogP contribution in [-0.4, -0.2) is 45.9 Å². The van der Waals surface area contributed by atoms with Gasteiger partial charge in [-0.2, -0.15) is 0 Å². The van der Waals surface area contributed by atoms with Gasteiger partial charge in [0.2, 0.25) is 0 Å². The summed E-state index contributed by atoms with van der Waals surface area (Å²) >= 11 is 1.35. The van der Waals surface area contributed by atoms with E-state index in [-0.39, 0.29) is 5.91 Å². The van der Waals surface area contributed by atoms with Gasteiger partial charge in [0.25, 0.3) is 5.91 Å². The lowest BCUT2D eigenvalue weighted by Gasteiger charge is -2.04. The Kier molecular flexibility index (Phi) is 7.86. The second kappa shape index (κ2) is 9.53. The first kappa shape index (κ1) is 15.7. The molecule has 0 aliphatic carbocycles. The highest BCUT2D eigenvalue weighted by Crippen LogP contribution is 2.14. The number of nitrogens with two attached hydrogens (primary N) is 1. The molecule has 0 aromatic carbocycles. The van der Waals surface area contributed by atoms with Crippen LogP contribution in [0, 0.1) is 11.8 Å². The first-order chi connectivity index (χ1) is 9.27. The van der Waals surface area contributed by atoms with Gasteiger partial charge in [0.1, 0.15) is 0 Å². The third-order valence-corrected chi connectivity index (χ3v) is 3.11. The number of hydrogen-bond acceptors (Lipinski definition) is 5. The summed E-state index contributed by atoms with van der Waals surface area (Å²) in [6, 6.07) is 3.57. The van der Waals surface area contributed by atoms with Crippen LogP contribution in [0.25, 0.3) is 0 Å². The van der Waals surface area contributed by atoms with Crippen molar-refractivity contribution >= 4 is 17.2 Å². The molecule has 6 heteroatoms. The highest BCUT2D eigenvalue weighted by Gasteiger charge is 2.07. The molecule has 1 aromatic rings. The zero-order valence-corrected chi connectivity index (χ0v) is 11.7. The van der Waals surface area contributed by atoms with Crippen LogP contribution < -0.4 is 11.1 Å². The quantitative estimate of drug-likeness (QED) is 0.562. The summed E-state index contributed by atoms with van der Waals surface area (Å²) in [6.45, 7) is 2.36. The number of amides is 1. The van der Waals surface area contributed by atoms with Gasteiger partial charge in [-0.3, -0.25) is 4.79 Å². The molecule has 0 saturated carbocycles. The molecule has 1 rings (SSSR count). The Hall–Kier alpha value is -1.39. The van der Waals surface area contributed by atoms with Crippen LogP contribution in [0.2, 0.25) is 0 Å². The predicted octanol–water partition coefficient (Wildman–Crippen LogP) is 0.451. The summed E-state index contributed by atoms with van der Waals surface area (Å²) in [5.41, 5.74) is 5.29. The molecule has 1 amide bonds. The zero-order valence-electron chi connectivity index (χ0n) is 10.9. The highest BCUT2D eigenvalue weighted by atomic mass is 32.1. The molecule has 0 fully saturated rings. The van der Waals surface area contributed by atoms with Crippen molar-refractivity contribution in [3.63, 3.8) is 0 Å². The molecule has 5 nitrogen and oxygen atoms in total. The summed E-state index contributed by atoms with van der Waals surface area (Å²) in [5, 5.41) is 2.78. The van der Waals surface area contributed by atoms with Gasteiger partial charge in [0.05, 0.1) is 36.1 Å². The minimum Gasteiger partial charge on any atom is -0.382 e. The average Bonchev–Trinajstić information content (AvgIpc) is 2.89. The van der Waals surface area contributed by atoms with Crippen LogP contribution in [-0.2, 0) is 9.47 Å². The number of methoxy groups -OCH3 is 1. The van der Waals surface area contributed by atoms with Crippen LogP contribution in [0.15, 0.2) is 12.1 Å². The van der Waals surface area contributed by atoms with E-state index in [2.05, 4.69) is 17.2 Å². The van der Waals surface area contributed by atoms with Gasteiger partial charge in [0, 0.05) is 13.7 Å². The molecule has 0 spiro atoms. The van der Waals surface area contributed by atoms with Gasteiger partial charge < -0.3 is 20.5 Å². The van der Waals surface area contributed by atoms with Crippen LogP contribution in [0.1, 0.15) is 14.5 Å². The largest absolute Gasteiger partial charge is 0.382 e. The zero-order chi connectivity index (χ0) is 13.9. The molecule has 1 heterocycles. The molecule has 0 unspecified atom stereocenters. The second-order valence-electron chi connectivity index (χ2n) is 3.53. The lowest BCUT2D eigenvalue weighted by molar-refractivity contribution is 0.0693. The van der Waals surface area contributed by atoms with Crippen molar-refractivity contribution in [3.8, 4) is 11.8 Å². The average molecular weight is 282 g/mol. The maximum Gasteiger partial charge on any atom is 0.261 e. The van der Waals surface area contributed by atoms with Gasteiger partial charge in [-0.05, 0) is 12.1 Å². The number of rotatable bonds is 7. The van der Waals surface area contributed by atoms with Gasteiger partial charge in [-0.15, -0.1) is 11.3 Å². The number of hydrogen-bond donors (Lipinski definition) is 2. The summed E-state index contributed by atoms with van der Waals surface area (Å²) < 4.78 is 10.1. The van der Waals surface area contributed by atoms with Crippen molar-refractivity contribution in [2.75, 3.05) is 40.0 Å². The topological polar surface area (TPSA) is 73.6 Å². The lowest BCUT2D eigenvalue weighted by Crippen LogP contribution is -2.26. The molecule has 1 aromatic heterocycles. The summed E-state index contributed by atoms with van der Waals surface area (Å²) in [6.07, 6.45) is 0. The number of nitrogens with one attached hydrogen (secondary N) is 1. The van der Waals surface area contributed by atoms with Gasteiger partial charge in [-0.25, -0.2) is 0 Å². The van der Waals surface area contributed by atoms with E-state index in [0.29, 0.717) is 37.8 Å². The monoisotopic (exact) mass is 282 g/mol. The minimum atomic E-state index is -0.110. The number of carbonyl (C=O) groups is 1. The van der Waals surface area contributed by atoms with Crippen LogP contribution >= 0.6 is 11.3 Å². The Morgan fingerprint density at radius 3 is 3.00 bits per heavy atom. The molecule has 0 atom stereocenters. The third kappa shape index (κ3) is 6.36. The maximum absolute atomic E-state index is 11.8. The number of thiophene rings is 1. The van der Waals surface area contributed by atoms with Gasteiger partial charge in [-0.1, -0.05) is 11.8 Å². The van der Waals surface area contributed by atoms with E-state index in [1.54, 1.807) is 13.2 Å². The van der Waals surface area contributed by atoms with Crippen molar-refractivity contribution in [2.24, 2.45) is 5.73 Å². The van der Waals surface area contributed by atoms with E-state index in [4.69, 9.17) is 15.2 Å². The molecule has 3 N–H and O–H groups in total. The van der Waals surface area contributed by atoms with Crippen molar-refractivity contribution in [3.05, 3.63) is 21.9 Å². The summed E-state index contributed by atoms with van der Waals surface area (Å²) in [5.74, 6) is 5.54. The van der Waals surface area contributed by atoms with Crippen molar-refractivity contribution < 1.29 is 14.3 Å². The molecule has 0 aliphatic rings. The van der Waals surface area contributed by atoms with Crippen LogP contribution in [0.3, 0.4) is 0 Å². The molecule has 0 saturated heterocycles. The van der Waals surface area contributed by atoms with E-state index in [9.17, 15) is 4.79 Å².